The van der Waals surface area contributed by atoms with Crippen molar-refractivity contribution in [2.45, 2.75) is 38.8 Å². The van der Waals surface area contributed by atoms with Crippen molar-refractivity contribution in [2.24, 2.45) is 0 Å². The summed E-state index contributed by atoms with van der Waals surface area (Å²) >= 11 is 0. The average Bonchev–Trinajstić information content (AvgIpc) is 2.48. The van der Waals surface area contributed by atoms with Gasteiger partial charge in [0.1, 0.15) is 12.6 Å². The molecule has 1 heterocycles. The van der Waals surface area contributed by atoms with Gasteiger partial charge in [0.05, 0.1) is 6.10 Å². The first kappa shape index (κ1) is 15.5. The van der Waals surface area contributed by atoms with Crippen molar-refractivity contribution in [2.75, 3.05) is 18.1 Å². The zero-order valence-corrected chi connectivity index (χ0v) is 12.5. The molecule has 1 saturated heterocycles. The van der Waals surface area contributed by atoms with Gasteiger partial charge in [0.25, 0.3) is 0 Å². The summed E-state index contributed by atoms with van der Waals surface area (Å²) in [6.45, 7) is 4.43. The number of rotatable bonds is 5. The number of ether oxygens (including phenoxy) is 1. The number of carbonyl (C=O) groups is 2. The molecular weight excluding hydrogens is 268 g/mol. The molecule has 1 aromatic carbocycles. The van der Waals surface area contributed by atoms with Gasteiger partial charge in [0.15, 0.2) is 0 Å². The average molecular weight is 290 g/mol. The van der Waals surface area contributed by atoms with Gasteiger partial charge in [-0.05, 0) is 38.8 Å². The van der Waals surface area contributed by atoms with Gasteiger partial charge in [-0.3, -0.25) is 9.59 Å². The molecule has 1 atom stereocenters. The van der Waals surface area contributed by atoms with E-state index in [0.29, 0.717) is 13.0 Å². The zero-order valence-electron chi connectivity index (χ0n) is 12.5. The quantitative estimate of drug-likeness (QED) is 0.898. The number of hydrogen-bond acceptors (Lipinski definition) is 3. The molecule has 5 nitrogen and oxygen atoms in total. The van der Waals surface area contributed by atoms with Crippen LogP contribution in [0.5, 0.6) is 0 Å². The molecule has 114 valence electrons. The van der Waals surface area contributed by atoms with Crippen LogP contribution < -0.4 is 10.2 Å². The Hall–Kier alpha value is -1.88. The normalized spacial score (nSPS) is 18.9. The van der Waals surface area contributed by atoms with Gasteiger partial charge in [0.2, 0.25) is 11.8 Å². The lowest BCUT2D eigenvalue weighted by Crippen LogP contribution is -2.53. The Labute approximate surface area is 125 Å². The van der Waals surface area contributed by atoms with Crippen molar-refractivity contribution in [3.05, 3.63) is 30.3 Å². The molecule has 2 rings (SSSR count). The minimum absolute atomic E-state index is 0.00127. The molecule has 0 aromatic heterocycles. The summed E-state index contributed by atoms with van der Waals surface area (Å²) in [7, 11) is 0. The van der Waals surface area contributed by atoms with Gasteiger partial charge in [-0.25, -0.2) is 0 Å². The lowest BCUT2D eigenvalue weighted by Gasteiger charge is -2.32. The lowest BCUT2D eigenvalue weighted by atomic mass is 10.0. The minimum Gasteiger partial charge on any atom is -0.369 e. The van der Waals surface area contributed by atoms with E-state index in [1.54, 1.807) is 4.90 Å². The Morgan fingerprint density at radius 2 is 2.10 bits per heavy atom. The van der Waals surface area contributed by atoms with E-state index in [1.165, 1.54) is 0 Å². The van der Waals surface area contributed by atoms with Crippen LogP contribution in [-0.2, 0) is 14.3 Å². The smallest absolute Gasteiger partial charge is 0.249 e. The molecule has 0 radical (unpaired) electrons. The van der Waals surface area contributed by atoms with Crippen molar-refractivity contribution in [1.29, 1.82) is 0 Å². The van der Waals surface area contributed by atoms with Crippen LogP contribution in [0.25, 0.3) is 0 Å². The fraction of sp³-hybridized carbons (Fsp3) is 0.500. The van der Waals surface area contributed by atoms with Crippen LogP contribution in [-0.4, -0.2) is 37.1 Å². The van der Waals surface area contributed by atoms with E-state index in [1.807, 2.05) is 44.2 Å². The Morgan fingerprint density at radius 3 is 2.76 bits per heavy atom. The number of amides is 2. The van der Waals surface area contributed by atoms with E-state index >= 15 is 0 Å². The molecular formula is C16H22N2O3. The van der Waals surface area contributed by atoms with Crippen molar-refractivity contribution in [1.82, 2.24) is 5.32 Å². The van der Waals surface area contributed by atoms with Crippen LogP contribution in [0.1, 0.15) is 26.7 Å². The second-order valence-corrected chi connectivity index (χ2v) is 5.45. The first-order chi connectivity index (χ1) is 10.1. The zero-order chi connectivity index (χ0) is 15.2. The third-order valence-corrected chi connectivity index (χ3v) is 3.39. The van der Waals surface area contributed by atoms with E-state index in [0.717, 1.165) is 12.1 Å². The highest BCUT2D eigenvalue weighted by molar-refractivity contribution is 5.99. The van der Waals surface area contributed by atoms with Gasteiger partial charge in [-0.15, -0.1) is 0 Å². The number of benzene rings is 1. The number of anilines is 1. The molecule has 5 heteroatoms. The van der Waals surface area contributed by atoms with Crippen molar-refractivity contribution < 1.29 is 14.3 Å². The SMILES string of the molecule is CC(C)OCC(=O)NC1CCCN(c2ccccc2)C1=O. The van der Waals surface area contributed by atoms with E-state index in [2.05, 4.69) is 5.32 Å². The highest BCUT2D eigenvalue weighted by Gasteiger charge is 2.30. The van der Waals surface area contributed by atoms with Crippen molar-refractivity contribution in [3.8, 4) is 0 Å². The highest BCUT2D eigenvalue weighted by Crippen LogP contribution is 2.20. The third-order valence-electron chi connectivity index (χ3n) is 3.39. The molecule has 0 saturated carbocycles. The number of nitrogens with one attached hydrogen (secondary N) is 1. The Kier molecular flexibility index (Phi) is 5.33. The maximum atomic E-state index is 12.5. The number of para-hydroxylation sites is 1. The number of nitrogens with zero attached hydrogens (tertiary/aromatic N) is 1. The molecule has 1 fully saturated rings. The van der Waals surface area contributed by atoms with Gasteiger partial charge in [-0.1, -0.05) is 18.2 Å². The summed E-state index contributed by atoms with van der Waals surface area (Å²) in [6.07, 6.45) is 1.55. The fourth-order valence-electron chi connectivity index (χ4n) is 2.35. The molecule has 1 aromatic rings. The Balaban J connectivity index is 1.95. The highest BCUT2D eigenvalue weighted by atomic mass is 16.5. The summed E-state index contributed by atoms with van der Waals surface area (Å²) in [6, 6.07) is 9.08. The van der Waals surface area contributed by atoms with Crippen LogP contribution in [0.15, 0.2) is 30.3 Å². The summed E-state index contributed by atoms with van der Waals surface area (Å²) < 4.78 is 5.25. The van der Waals surface area contributed by atoms with Crippen LogP contribution in [0.4, 0.5) is 5.69 Å². The van der Waals surface area contributed by atoms with Gasteiger partial charge >= 0.3 is 0 Å². The first-order valence-electron chi connectivity index (χ1n) is 7.35. The number of piperidine rings is 1. The maximum absolute atomic E-state index is 12.5. The summed E-state index contributed by atoms with van der Waals surface area (Å²) in [5.74, 6) is -0.290. The van der Waals surface area contributed by atoms with Gasteiger partial charge < -0.3 is 15.0 Å². The molecule has 1 aliphatic rings. The van der Waals surface area contributed by atoms with Crippen molar-refractivity contribution in [3.63, 3.8) is 0 Å². The predicted octanol–water partition coefficient (Wildman–Crippen LogP) is 1.72. The minimum atomic E-state index is -0.456. The summed E-state index contributed by atoms with van der Waals surface area (Å²) in [5, 5.41) is 2.77. The van der Waals surface area contributed by atoms with Crippen LogP contribution in [0.2, 0.25) is 0 Å². The van der Waals surface area contributed by atoms with E-state index in [4.69, 9.17) is 4.74 Å². The molecule has 21 heavy (non-hydrogen) atoms. The molecule has 1 aliphatic heterocycles. The van der Waals surface area contributed by atoms with E-state index in [-0.39, 0.29) is 24.5 Å². The van der Waals surface area contributed by atoms with E-state index in [9.17, 15) is 9.59 Å². The number of carbonyl (C=O) groups excluding carboxylic acids is 2. The third kappa shape index (κ3) is 4.29. The summed E-state index contributed by atoms with van der Waals surface area (Å²) in [4.78, 5) is 26.0. The second kappa shape index (κ2) is 7.22. The standard InChI is InChI=1S/C16H22N2O3/c1-12(2)21-11-15(19)17-14-9-6-10-18(16(14)20)13-7-4-3-5-8-13/h3-5,7-8,12,14H,6,9-11H2,1-2H3,(H,17,19). The summed E-state index contributed by atoms with van der Waals surface area (Å²) in [5.41, 5.74) is 0.875. The first-order valence-corrected chi connectivity index (χ1v) is 7.35. The Bertz CT molecular complexity index is 488. The molecule has 2 amide bonds. The maximum Gasteiger partial charge on any atom is 0.249 e. The molecule has 1 N–H and O–H groups in total. The predicted molar refractivity (Wildman–Crippen MR) is 81.0 cm³/mol. The van der Waals surface area contributed by atoms with Crippen molar-refractivity contribution >= 4 is 17.5 Å². The number of hydrogen-bond donors (Lipinski definition) is 1. The van der Waals surface area contributed by atoms with Crippen LogP contribution in [0.3, 0.4) is 0 Å². The molecule has 1 unspecified atom stereocenters. The fourth-order valence-corrected chi connectivity index (χ4v) is 2.35. The molecule has 0 spiro atoms. The van der Waals surface area contributed by atoms with Gasteiger partial charge in [-0.2, -0.15) is 0 Å². The molecule has 0 aliphatic carbocycles. The monoisotopic (exact) mass is 290 g/mol. The van der Waals surface area contributed by atoms with E-state index < -0.39 is 6.04 Å². The lowest BCUT2D eigenvalue weighted by molar-refractivity contribution is -0.132. The van der Waals surface area contributed by atoms with Gasteiger partial charge in [0, 0.05) is 12.2 Å². The second-order valence-electron chi connectivity index (χ2n) is 5.45. The van der Waals surface area contributed by atoms with Crippen LogP contribution in [0, 0.1) is 0 Å². The largest absolute Gasteiger partial charge is 0.369 e. The topological polar surface area (TPSA) is 58.6 Å². The van der Waals surface area contributed by atoms with Crippen LogP contribution >= 0.6 is 0 Å². The molecule has 0 bridgehead atoms. The Morgan fingerprint density at radius 1 is 1.38 bits per heavy atom.